The summed E-state index contributed by atoms with van der Waals surface area (Å²) in [7, 11) is -2.45. The molecule has 0 unspecified atom stereocenters. The number of benzene rings is 2. The van der Waals surface area contributed by atoms with Gasteiger partial charge in [-0.15, -0.1) is 0 Å². The Hall–Kier alpha value is -2.81. The quantitative estimate of drug-likeness (QED) is 0.597. The van der Waals surface area contributed by atoms with Crippen LogP contribution in [0.2, 0.25) is 0 Å². The van der Waals surface area contributed by atoms with Crippen LogP contribution in [0.15, 0.2) is 59.8 Å². The number of rotatable bonds is 8. The number of aromatic nitrogens is 1. The Balaban J connectivity index is 1.89. The van der Waals surface area contributed by atoms with E-state index in [1.54, 1.807) is 36.7 Å². The number of nitrogens with one attached hydrogen (secondary N) is 1. The van der Waals surface area contributed by atoms with Crippen LogP contribution in [0.5, 0.6) is 0 Å². The van der Waals surface area contributed by atoms with E-state index in [9.17, 15) is 13.2 Å². The van der Waals surface area contributed by atoms with Gasteiger partial charge in [-0.2, -0.15) is 4.31 Å². The lowest BCUT2D eigenvalue weighted by atomic mass is 10.1. The summed E-state index contributed by atoms with van der Waals surface area (Å²) >= 11 is 0. The van der Waals surface area contributed by atoms with Crippen LogP contribution in [0.4, 0.5) is 5.69 Å². The van der Waals surface area contributed by atoms with E-state index < -0.39 is 15.9 Å². The third kappa shape index (κ3) is 5.02. The molecule has 0 saturated heterocycles. The Morgan fingerprint density at radius 2 is 1.87 bits per heavy atom. The summed E-state index contributed by atoms with van der Waals surface area (Å²) in [4.78, 5) is 16.9. The van der Waals surface area contributed by atoms with Crippen molar-refractivity contribution >= 4 is 32.4 Å². The minimum Gasteiger partial charge on any atom is -0.383 e. The topological polar surface area (TPSA) is 88.6 Å². The summed E-state index contributed by atoms with van der Waals surface area (Å²) in [5.74, 6) is -0.415. The van der Waals surface area contributed by atoms with Gasteiger partial charge in [0.05, 0.1) is 18.0 Å². The Bertz CT molecular complexity index is 1140. The normalized spacial score (nSPS) is 11.7. The second-order valence-corrected chi connectivity index (χ2v) is 9.02. The number of hydrogen-bond donors (Lipinski definition) is 1. The number of pyridine rings is 1. The lowest BCUT2D eigenvalue weighted by Gasteiger charge is -2.22. The average Bonchev–Trinajstić information content (AvgIpc) is 2.69. The summed E-state index contributed by atoms with van der Waals surface area (Å²) in [6.45, 7) is 3.78. The first-order valence-corrected chi connectivity index (χ1v) is 11.0. The highest BCUT2D eigenvalue weighted by Gasteiger charge is 2.28. The standard InChI is InChI=1S/C22H25N3O4S/c1-16-11-17(2)13-19(12-16)24-22(26)15-25(9-10-29-3)30(27,28)21-6-4-5-18-14-23-8-7-20(18)21/h4-8,11-14H,9-10,15H2,1-3H3,(H,24,26). The van der Waals surface area contributed by atoms with E-state index in [2.05, 4.69) is 10.3 Å². The number of aryl methyl sites for hydroxylation is 2. The number of anilines is 1. The lowest BCUT2D eigenvalue weighted by Crippen LogP contribution is -2.40. The van der Waals surface area contributed by atoms with Crippen molar-refractivity contribution in [1.29, 1.82) is 0 Å². The minimum atomic E-state index is -3.94. The maximum absolute atomic E-state index is 13.4. The van der Waals surface area contributed by atoms with Gasteiger partial charge in [-0.25, -0.2) is 8.42 Å². The summed E-state index contributed by atoms with van der Waals surface area (Å²) in [6.07, 6.45) is 3.16. The van der Waals surface area contributed by atoms with Gasteiger partial charge in [-0.05, 0) is 49.2 Å². The Kier molecular flexibility index (Phi) is 6.81. The van der Waals surface area contributed by atoms with Crippen LogP contribution in [0.3, 0.4) is 0 Å². The van der Waals surface area contributed by atoms with Gasteiger partial charge in [0, 0.05) is 42.5 Å². The first kappa shape index (κ1) is 21.9. The van der Waals surface area contributed by atoms with E-state index in [1.807, 2.05) is 32.0 Å². The first-order chi connectivity index (χ1) is 14.3. The molecule has 8 heteroatoms. The van der Waals surface area contributed by atoms with Crippen LogP contribution in [0, 0.1) is 13.8 Å². The van der Waals surface area contributed by atoms with Crippen LogP contribution < -0.4 is 5.32 Å². The average molecular weight is 428 g/mol. The SMILES string of the molecule is COCCN(CC(=O)Nc1cc(C)cc(C)c1)S(=O)(=O)c1cccc2cnccc12. The Morgan fingerprint density at radius 1 is 1.13 bits per heavy atom. The lowest BCUT2D eigenvalue weighted by molar-refractivity contribution is -0.116. The van der Waals surface area contributed by atoms with Gasteiger partial charge in [0.2, 0.25) is 15.9 Å². The maximum Gasteiger partial charge on any atom is 0.244 e. The molecule has 1 heterocycles. The van der Waals surface area contributed by atoms with Crippen molar-refractivity contribution in [1.82, 2.24) is 9.29 Å². The van der Waals surface area contributed by atoms with E-state index >= 15 is 0 Å². The molecule has 1 N–H and O–H groups in total. The second kappa shape index (κ2) is 9.34. The largest absolute Gasteiger partial charge is 0.383 e. The van der Waals surface area contributed by atoms with Crippen molar-refractivity contribution in [3.8, 4) is 0 Å². The molecule has 0 aliphatic carbocycles. The zero-order valence-electron chi connectivity index (χ0n) is 17.3. The van der Waals surface area contributed by atoms with Gasteiger partial charge < -0.3 is 10.1 Å². The summed E-state index contributed by atoms with van der Waals surface area (Å²) < 4.78 is 33.1. The number of carbonyl (C=O) groups excluding carboxylic acids is 1. The molecule has 0 saturated carbocycles. The molecule has 0 bridgehead atoms. The molecule has 3 aromatic rings. The highest BCUT2D eigenvalue weighted by molar-refractivity contribution is 7.89. The summed E-state index contributed by atoms with van der Waals surface area (Å²) in [5, 5.41) is 4.07. The van der Waals surface area contributed by atoms with Crippen LogP contribution >= 0.6 is 0 Å². The van der Waals surface area contributed by atoms with Crippen LogP contribution in [-0.2, 0) is 19.6 Å². The minimum absolute atomic E-state index is 0.0561. The zero-order chi connectivity index (χ0) is 21.7. The van der Waals surface area contributed by atoms with Crippen molar-refractivity contribution in [2.24, 2.45) is 0 Å². The first-order valence-electron chi connectivity index (χ1n) is 9.51. The number of amides is 1. The van der Waals surface area contributed by atoms with E-state index in [-0.39, 0.29) is 24.6 Å². The van der Waals surface area contributed by atoms with Crippen LogP contribution in [-0.4, -0.2) is 50.4 Å². The van der Waals surface area contributed by atoms with Crippen LogP contribution in [0.25, 0.3) is 10.8 Å². The fourth-order valence-electron chi connectivity index (χ4n) is 3.34. The number of carbonyl (C=O) groups is 1. The molecule has 2 aromatic carbocycles. The van der Waals surface area contributed by atoms with Gasteiger partial charge in [0.25, 0.3) is 0 Å². The van der Waals surface area contributed by atoms with E-state index in [1.165, 1.54) is 7.11 Å². The molecular weight excluding hydrogens is 402 g/mol. The maximum atomic E-state index is 13.4. The molecule has 0 aliphatic rings. The fourth-order valence-corrected chi connectivity index (χ4v) is 4.94. The third-order valence-electron chi connectivity index (χ3n) is 4.63. The van der Waals surface area contributed by atoms with Crippen molar-refractivity contribution in [2.75, 3.05) is 32.1 Å². The molecule has 30 heavy (non-hydrogen) atoms. The number of fused-ring (bicyclic) bond motifs is 1. The monoisotopic (exact) mass is 427 g/mol. The van der Waals surface area contributed by atoms with Crippen LogP contribution in [0.1, 0.15) is 11.1 Å². The van der Waals surface area contributed by atoms with E-state index in [0.717, 1.165) is 15.4 Å². The van der Waals surface area contributed by atoms with E-state index in [0.29, 0.717) is 16.5 Å². The van der Waals surface area contributed by atoms with Crippen molar-refractivity contribution < 1.29 is 17.9 Å². The second-order valence-electron chi connectivity index (χ2n) is 7.11. The van der Waals surface area contributed by atoms with Crippen molar-refractivity contribution in [2.45, 2.75) is 18.7 Å². The van der Waals surface area contributed by atoms with Gasteiger partial charge in [-0.1, -0.05) is 18.2 Å². The number of nitrogens with zero attached hydrogens (tertiary/aromatic N) is 2. The van der Waals surface area contributed by atoms with Crippen molar-refractivity contribution in [3.05, 3.63) is 66.0 Å². The smallest absolute Gasteiger partial charge is 0.244 e. The molecule has 158 valence electrons. The fraction of sp³-hybridized carbons (Fsp3) is 0.273. The molecule has 7 nitrogen and oxygen atoms in total. The van der Waals surface area contributed by atoms with Gasteiger partial charge in [0.1, 0.15) is 0 Å². The molecule has 1 amide bonds. The number of hydrogen-bond acceptors (Lipinski definition) is 5. The van der Waals surface area contributed by atoms with Gasteiger partial charge in [0.15, 0.2) is 0 Å². The van der Waals surface area contributed by atoms with Crippen molar-refractivity contribution in [3.63, 3.8) is 0 Å². The molecular formula is C22H25N3O4S. The highest BCUT2D eigenvalue weighted by Crippen LogP contribution is 2.25. The molecule has 1 aromatic heterocycles. The number of methoxy groups -OCH3 is 1. The molecule has 0 spiro atoms. The number of sulfonamides is 1. The summed E-state index contributed by atoms with van der Waals surface area (Å²) in [5.41, 5.74) is 2.66. The highest BCUT2D eigenvalue weighted by atomic mass is 32.2. The third-order valence-corrected chi connectivity index (χ3v) is 6.53. The zero-order valence-corrected chi connectivity index (χ0v) is 18.1. The summed E-state index contributed by atoms with van der Waals surface area (Å²) in [6, 6.07) is 12.4. The van der Waals surface area contributed by atoms with E-state index in [4.69, 9.17) is 4.74 Å². The molecule has 0 radical (unpaired) electrons. The van der Waals surface area contributed by atoms with Gasteiger partial charge in [-0.3, -0.25) is 9.78 Å². The molecule has 0 atom stereocenters. The molecule has 0 aliphatic heterocycles. The Labute approximate surface area is 176 Å². The molecule has 0 fully saturated rings. The predicted octanol–water partition coefficient (Wildman–Crippen LogP) is 3.13. The molecule has 3 rings (SSSR count). The Morgan fingerprint density at radius 3 is 2.57 bits per heavy atom. The van der Waals surface area contributed by atoms with Gasteiger partial charge >= 0.3 is 0 Å². The number of ether oxygens (including phenoxy) is 1. The predicted molar refractivity (Wildman–Crippen MR) is 117 cm³/mol.